The van der Waals surface area contributed by atoms with Crippen molar-refractivity contribution in [2.75, 3.05) is 0 Å². The van der Waals surface area contributed by atoms with E-state index in [1.807, 2.05) is 47.6 Å². The van der Waals surface area contributed by atoms with Gasteiger partial charge in [0.05, 0.1) is 5.69 Å². The Hall–Kier alpha value is -3.15. The van der Waals surface area contributed by atoms with Gasteiger partial charge >= 0.3 is 0 Å². The molecule has 4 nitrogen and oxygen atoms in total. The van der Waals surface area contributed by atoms with Crippen molar-refractivity contribution in [3.63, 3.8) is 0 Å². The molecule has 2 aromatic carbocycles. The maximum atomic E-state index is 13.9. The van der Waals surface area contributed by atoms with Crippen LogP contribution >= 0.6 is 0 Å². The highest BCUT2D eigenvalue weighted by molar-refractivity contribution is 5.97. The first-order valence-electron chi connectivity index (χ1n) is 10.1. The van der Waals surface area contributed by atoms with Crippen LogP contribution in [0.4, 0.5) is 8.78 Å². The van der Waals surface area contributed by atoms with Crippen molar-refractivity contribution in [3.05, 3.63) is 71.8 Å². The molecule has 0 atom stereocenters. The van der Waals surface area contributed by atoms with Gasteiger partial charge in [-0.15, -0.1) is 0 Å². The van der Waals surface area contributed by atoms with Gasteiger partial charge in [0.25, 0.3) is 5.91 Å². The number of aromatic nitrogens is 2. The molecule has 1 heterocycles. The minimum absolute atomic E-state index is 0.257. The molecule has 0 bridgehead atoms. The third-order valence-corrected chi connectivity index (χ3v) is 4.67. The van der Waals surface area contributed by atoms with Crippen molar-refractivity contribution in [2.45, 2.75) is 52.5 Å². The molecular weight excluding hydrogens is 396 g/mol. The van der Waals surface area contributed by atoms with Crippen LogP contribution in [0.15, 0.2) is 48.9 Å². The van der Waals surface area contributed by atoms with Crippen molar-refractivity contribution >= 4 is 5.91 Å². The average molecular weight is 424 g/mol. The molecule has 0 fully saturated rings. The van der Waals surface area contributed by atoms with Gasteiger partial charge in [-0.05, 0) is 67.8 Å². The van der Waals surface area contributed by atoms with Crippen LogP contribution in [0.25, 0.3) is 22.3 Å². The summed E-state index contributed by atoms with van der Waals surface area (Å²) >= 11 is 0. The largest absolute Gasteiger partial charge is 0.347 e. The minimum atomic E-state index is -0.943. The Bertz CT molecular complexity index is 1130. The number of benzene rings is 2. The molecule has 0 aliphatic rings. The number of nitrogens with one attached hydrogen (secondary N) is 1. The summed E-state index contributed by atoms with van der Waals surface area (Å²) in [7, 11) is 0. The summed E-state index contributed by atoms with van der Waals surface area (Å²) in [5, 5.41) is 2.95. The van der Waals surface area contributed by atoms with Crippen LogP contribution in [-0.2, 0) is 5.41 Å². The molecular formula is C25H27F2N3O. The number of hydrogen-bond acceptors (Lipinski definition) is 3. The topological polar surface area (TPSA) is 54.9 Å². The number of carbonyl (C=O) groups excluding carboxylic acids is 1. The van der Waals surface area contributed by atoms with Gasteiger partial charge < -0.3 is 5.32 Å². The quantitative estimate of drug-likeness (QED) is 0.569. The number of rotatable bonds is 3. The lowest BCUT2D eigenvalue weighted by Crippen LogP contribution is -2.40. The molecule has 0 saturated heterocycles. The van der Waals surface area contributed by atoms with Gasteiger partial charge in [-0.2, -0.15) is 0 Å². The Labute approximate surface area is 181 Å². The third-order valence-electron chi connectivity index (χ3n) is 4.67. The Morgan fingerprint density at radius 3 is 2.16 bits per heavy atom. The summed E-state index contributed by atoms with van der Waals surface area (Å²) in [4.78, 5) is 21.6. The van der Waals surface area contributed by atoms with Crippen LogP contribution in [0.1, 0.15) is 57.6 Å². The van der Waals surface area contributed by atoms with Gasteiger partial charge in [0, 0.05) is 28.3 Å². The molecule has 1 aromatic heterocycles. The van der Waals surface area contributed by atoms with Gasteiger partial charge in [-0.3, -0.25) is 4.79 Å². The third kappa shape index (κ3) is 5.32. The Morgan fingerprint density at radius 1 is 0.871 bits per heavy atom. The molecule has 6 heteroatoms. The molecule has 162 valence electrons. The fraction of sp³-hybridized carbons (Fsp3) is 0.320. The number of halogens is 2. The van der Waals surface area contributed by atoms with Crippen LogP contribution in [0.2, 0.25) is 0 Å². The molecule has 0 spiro atoms. The zero-order valence-electron chi connectivity index (χ0n) is 18.7. The summed E-state index contributed by atoms with van der Waals surface area (Å²) < 4.78 is 27.4. The van der Waals surface area contributed by atoms with Gasteiger partial charge in [0.1, 0.15) is 6.33 Å². The number of amides is 1. The monoisotopic (exact) mass is 423 g/mol. The van der Waals surface area contributed by atoms with Crippen molar-refractivity contribution in [1.82, 2.24) is 15.3 Å². The minimum Gasteiger partial charge on any atom is -0.347 e. The van der Waals surface area contributed by atoms with E-state index in [2.05, 4.69) is 15.3 Å². The predicted octanol–water partition coefficient (Wildman–Crippen LogP) is 5.91. The fourth-order valence-corrected chi connectivity index (χ4v) is 3.31. The molecule has 0 aliphatic heterocycles. The van der Waals surface area contributed by atoms with E-state index in [0.29, 0.717) is 16.7 Å². The van der Waals surface area contributed by atoms with Gasteiger partial charge in [0.15, 0.2) is 11.6 Å². The maximum absolute atomic E-state index is 13.9. The van der Waals surface area contributed by atoms with Gasteiger partial charge in [0.2, 0.25) is 0 Å². The van der Waals surface area contributed by atoms with E-state index in [1.165, 1.54) is 12.4 Å². The first kappa shape index (κ1) is 22.5. The van der Waals surface area contributed by atoms with E-state index in [-0.39, 0.29) is 11.3 Å². The van der Waals surface area contributed by atoms with E-state index in [0.717, 1.165) is 29.0 Å². The van der Waals surface area contributed by atoms with Crippen molar-refractivity contribution in [1.29, 1.82) is 0 Å². The first-order chi connectivity index (χ1) is 14.3. The SMILES string of the molecule is CC(C)(C)NC(=O)c1cc(-c2ccc(F)c(F)c2)cc(-c2cncnc2C(C)(C)C)c1. The van der Waals surface area contributed by atoms with Crippen LogP contribution < -0.4 is 5.32 Å². The fourth-order valence-electron chi connectivity index (χ4n) is 3.31. The lowest BCUT2D eigenvalue weighted by atomic mass is 9.85. The van der Waals surface area contributed by atoms with Crippen LogP contribution in [0, 0.1) is 11.6 Å². The van der Waals surface area contributed by atoms with Crippen LogP contribution in [0.3, 0.4) is 0 Å². The Balaban J connectivity index is 2.24. The number of nitrogens with zero attached hydrogens (tertiary/aromatic N) is 2. The first-order valence-corrected chi connectivity index (χ1v) is 10.1. The zero-order chi connectivity index (χ0) is 23.0. The van der Waals surface area contributed by atoms with E-state index in [4.69, 9.17) is 0 Å². The highest BCUT2D eigenvalue weighted by Crippen LogP contribution is 2.34. The maximum Gasteiger partial charge on any atom is 0.251 e. The Morgan fingerprint density at radius 2 is 1.55 bits per heavy atom. The molecule has 1 N–H and O–H groups in total. The highest BCUT2D eigenvalue weighted by Gasteiger charge is 2.23. The summed E-state index contributed by atoms with van der Waals surface area (Å²) in [5.74, 6) is -2.12. The molecule has 3 aromatic rings. The lowest BCUT2D eigenvalue weighted by molar-refractivity contribution is 0.0919. The van der Waals surface area contributed by atoms with E-state index < -0.39 is 17.2 Å². The summed E-state index contributed by atoms with van der Waals surface area (Å²) in [6.07, 6.45) is 3.21. The summed E-state index contributed by atoms with van der Waals surface area (Å²) in [6, 6.07) is 9.00. The standard InChI is InChI=1S/C25H27F2N3O/c1-24(2,3)22-19(13-28-14-29-22)17-9-16(15-7-8-20(26)21(27)12-15)10-18(11-17)23(31)30-25(4,5)6/h7-14H,1-6H3,(H,30,31). The second kappa shape index (κ2) is 8.17. The van der Waals surface area contributed by atoms with E-state index in [9.17, 15) is 13.6 Å². The average Bonchev–Trinajstić information content (AvgIpc) is 2.68. The smallest absolute Gasteiger partial charge is 0.251 e. The van der Waals surface area contributed by atoms with Crippen LogP contribution in [0.5, 0.6) is 0 Å². The molecule has 1 amide bonds. The number of carbonyl (C=O) groups is 1. The predicted molar refractivity (Wildman–Crippen MR) is 119 cm³/mol. The van der Waals surface area contributed by atoms with Gasteiger partial charge in [-0.25, -0.2) is 18.7 Å². The second-order valence-corrected chi connectivity index (χ2v) is 9.67. The Kier molecular flexibility index (Phi) is 5.94. The highest BCUT2D eigenvalue weighted by atomic mass is 19.2. The summed E-state index contributed by atoms with van der Waals surface area (Å²) in [6.45, 7) is 11.8. The normalized spacial score (nSPS) is 12.0. The number of hydrogen-bond donors (Lipinski definition) is 1. The van der Waals surface area contributed by atoms with Crippen molar-refractivity contribution in [2.24, 2.45) is 0 Å². The van der Waals surface area contributed by atoms with Crippen LogP contribution in [-0.4, -0.2) is 21.4 Å². The van der Waals surface area contributed by atoms with E-state index >= 15 is 0 Å². The molecule has 0 saturated carbocycles. The van der Waals surface area contributed by atoms with Crippen molar-refractivity contribution in [3.8, 4) is 22.3 Å². The molecule has 0 radical (unpaired) electrons. The lowest BCUT2D eigenvalue weighted by Gasteiger charge is -2.23. The van der Waals surface area contributed by atoms with Gasteiger partial charge in [-0.1, -0.05) is 26.8 Å². The van der Waals surface area contributed by atoms with E-state index in [1.54, 1.807) is 18.3 Å². The molecule has 0 aliphatic carbocycles. The molecule has 31 heavy (non-hydrogen) atoms. The zero-order valence-corrected chi connectivity index (χ0v) is 18.7. The summed E-state index contributed by atoms with van der Waals surface area (Å²) in [5.41, 5.74) is 3.13. The second-order valence-electron chi connectivity index (χ2n) is 9.67. The molecule has 0 unspecified atom stereocenters. The molecule has 3 rings (SSSR count). The van der Waals surface area contributed by atoms with Crippen molar-refractivity contribution < 1.29 is 13.6 Å².